The molecule has 0 aliphatic heterocycles. The van der Waals surface area contributed by atoms with Gasteiger partial charge in [0.15, 0.2) is 11.6 Å². The molecule has 26 heavy (non-hydrogen) atoms. The predicted molar refractivity (Wildman–Crippen MR) is 102 cm³/mol. The number of rotatable bonds is 4. The van der Waals surface area contributed by atoms with Crippen molar-refractivity contribution in [2.45, 2.75) is 39.0 Å². The number of hydrogen-bond donors (Lipinski definition) is 1. The molecule has 0 amide bonds. The summed E-state index contributed by atoms with van der Waals surface area (Å²) >= 11 is 0. The molecular weight excluding hydrogens is 322 g/mol. The molecule has 5 rings (SSSR count). The Balaban J connectivity index is 1.64. The van der Waals surface area contributed by atoms with Crippen LogP contribution in [0.25, 0.3) is 16.7 Å². The van der Waals surface area contributed by atoms with Crippen LogP contribution in [0.4, 0.5) is 0 Å². The van der Waals surface area contributed by atoms with Gasteiger partial charge in [-0.1, -0.05) is 24.3 Å². The van der Waals surface area contributed by atoms with Crippen molar-refractivity contribution in [3.05, 3.63) is 71.1 Å². The lowest BCUT2D eigenvalue weighted by Crippen LogP contribution is -2.08. The number of nitrogens with zero attached hydrogens (tertiary/aromatic N) is 4. The summed E-state index contributed by atoms with van der Waals surface area (Å²) in [7, 11) is 0. The number of para-hydroxylation sites is 1. The van der Waals surface area contributed by atoms with Crippen LogP contribution in [0.5, 0.6) is 0 Å². The van der Waals surface area contributed by atoms with Crippen molar-refractivity contribution in [3.8, 4) is 5.82 Å². The second-order valence-corrected chi connectivity index (χ2v) is 7.17. The molecule has 0 radical (unpaired) electrons. The minimum absolute atomic E-state index is 0.517. The standard InChI is InChI=1S/C21H21N5/c1-13-6-5-11-22-21(13)26-19(24-20(25-26)15-9-10-15)12-17-14(2)23-18-8-4-3-7-16(17)18/h3-8,11,15,23H,9-10,12H2,1-2H3. The molecule has 1 fully saturated rings. The van der Waals surface area contributed by atoms with Gasteiger partial charge in [0.25, 0.3) is 0 Å². The van der Waals surface area contributed by atoms with Crippen LogP contribution in [-0.2, 0) is 6.42 Å². The lowest BCUT2D eigenvalue weighted by atomic mass is 10.1. The number of aromatic amines is 1. The first-order valence-electron chi connectivity index (χ1n) is 9.14. The zero-order chi connectivity index (χ0) is 17.7. The van der Waals surface area contributed by atoms with Crippen LogP contribution in [0.2, 0.25) is 0 Å². The summed E-state index contributed by atoms with van der Waals surface area (Å²) in [5, 5.41) is 6.08. The second-order valence-electron chi connectivity index (χ2n) is 7.17. The number of aryl methyl sites for hydroxylation is 2. The monoisotopic (exact) mass is 343 g/mol. The van der Waals surface area contributed by atoms with Gasteiger partial charge in [-0.3, -0.25) is 0 Å². The van der Waals surface area contributed by atoms with Gasteiger partial charge in [-0.25, -0.2) is 9.97 Å². The second kappa shape index (κ2) is 5.80. The van der Waals surface area contributed by atoms with E-state index in [9.17, 15) is 0 Å². The van der Waals surface area contributed by atoms with Crippen molar-refractivity contribution in [2.24, 2.45) is 0 Å². The third kappa shape index (κ3) is 2.51. The molecule has 3 heterocycles. The number of fused-ring (bicyclic) bond motifs is 1. The molecule has 0 saturated heterocycles. The maximum absolute atomic E-state index is 4.91. The Kier molecular flexibility index (Phi) is 3.42. The van der Waals surface area contributed by atoms with Gasteiger partial charge in [-0.05, 0) is 49.9 Å². The topological polar surface area (TPSA) is 59.4 Å². The van der Waals surface area contributed by atoms with Gasteiger partial charge in [-0.15, -0.1) is 5.10 Å². The fourth-order valence-electron chi connectivity index (χ4n) is 3.58. The highest BCUT2D eigenvalue weighted by molar-refractivity contribution is 5.84. The van der Waals surface area contributed by atoms with E-state index in [0.29, 0.717) is 5.92 Å². The van der Waals surface area contributed by atoms with E-state index < -0.39 is 0 Å². The Labute approximate surface area is 152 Å². The zero-order valence-corrected chi connectivity index (χ0v) is 15.0. The number of nitrogens with one attached hydrogen (secondary N) is 1. The smallest absolute Gasteiger partial charge is 0.158 e. The first-order chi connectivity index (χ1) is 12.7. The van der Waals surface area contributed by atoms with Crippen LogP contribution in [0, 0.1) is 13.8 Å². The third-order valence-electron chi connectivity index (χ3n) is 5.18. The van der Waals surface area contributed by atoms with Crippen LogP contribution in [-0.4, -0.2) is 24.7 Å². The van der Waals surface area contributed by atoms with E-state index >= 15 is 0 Å². The number of benzene rings is 1. The van der Waals surface area contributed by atoms with Gasteiger partial charge in [0.1, 0.15) is 5.82 Å². The molecule has 0 atom stereocenters. The van der Waals surface area contributed by atoms with E-state index in [-0.39, 0.29) is 0 Å². The van der Waals surface area contributed by atoms with Crippen LogP contribution in [0.1, 0.15) is 47.2 Å². The highest BCUT2D eigenvalue weighted by Crippen LogP contribution is 2.38. The van der Waals surface area contributed by atoms with Gasteiger partial charge >= 0.3 is 0 Å². The molecule has 5 heteroatoms. The molecule has 1 aromatic carbocycles. The minimum Gasteiger partial charge on any atom is -0.358 e. The zero-order valence-electron chi connectivity index (χ0n) is 15.0. The average Bonchev–Trinajstić information content (AvgIpc) is 3.34. The highest BCUT2D eigenvalue weighted by atomic mass is 15.4. The number of aromatic nitrogens is 5. The first kappa shape index (κ1) is 15.3. The summed E-state index contributed by atoms with van der Waals surface area (Å²) in [4.78, 5) is 13.0. The number of hydrogen-bond acceptors (Lipinski definition) is 3. The SMILES string of the molecule is Cc1cccnc1-n1nc(C2CC2)nc1Cc1c(C)[nH]c2ccccc12. The number of pyridine rings is 1. The van der Waals surface area contributed by atoms with E-state index in [2.05, 4.69) is 54.1 Å². The Bertz CT molecular complexity index is 1100. The maximum Gasteiger partial charge on any atom is 0.158 e. The lowest BCUT2D eigenvalue weighted by molar-refractivity contribution is 0.769. The average molecular weight is 343 g/mol. The molecule has 1 aliphatic rings. The Morgan fingerprint density at radius 1 is 1.12 bits per heavy atom. The fourth-order valence-corrected chi connectivity index (χ4v) is 3.58. The van der Waals surface area contributed by atoms with Gasteiger partial charge in [0.2, 0.25) is 0 Å². The molecule has 1 aliphatic carbocycles. The molecule has 0 bridgehead atoms. The Morgan fingerprint density at radius 2 is 1.96 bits per heavy atom. The van der Waals surface area contributed by atoms with Gasteiger partial charge < -0.3 is 4.98 Å². The van der Waals surface area contributed by atoms with Gasteiger partial charge in [0, 0.05) is 35.1 Å². The molecule has 4 aromatic rings. The van der Waals surface area contributed by atoms with E-state index in [4.69, 9.17) is 10.1 Å². The van der Waals surface area contributed by atoms with Crippen molar-refractivity contribution in [1.82, 2.24) is 24.7 Å². The quantitative estimate of drug-likeness (QED) is 0.603. The Hall–Kier alpha value is -2.95. The van der Waals surface area contributed by atoms with Crippen molar-refractivity contribution < 1.29 is 0 Å². The molecule has 130 valence electrons. The summed E-state index contributed by atoms with van der Waals surface area (Å²) in [6, 6.07) is 12.5. The lowest BCUT2D eigenvalue weighted by Gasteiger charge is -2.08. The molecule has 0 spiro atoms. The van der Waals surface area contributed by atoms with Crippen molar-refractivity contribution >= 4 is 10.9 Å². The Morgan fingerprint density at radius 3 is 2.77 bits per heavy atom. The molecule has 1 saturated carbocycles. The van der Waals surface area contributed by atoms with Crippen molar-refractivity contribution in [1.29, 1.82) is 0 Å². The molecule has 3 aromatic heterocycles. The first-order valence-corrected chi connectivity index (χ1v) is 9.14. The third-order valence-corrected chi connectivity index (χ3v) is 5.18. The fraction of sp³-hybridized carbons (Fsp3) is 0.286. The summed E-state index contributed by atoms with van der Waals surface area (Å²) in [6.45, 7) is 4.20. The van der Waals surface area contributed by atoms with Gasteiger partial charge in [-0.2, -0.15) is 4.68 Å². The normalized spacial score (nSPS) is 14.2. The summed E-state index contributed by atoms with van der Waals surface area (Å²) in [5.41, 5.74) is 4.75. The van der Waals surface area contributed by atoms with Crippen LogP contribution in [0.15, 0.2) is 42.6 Å². The summed E-state index contributed by atoms with van der Waals surface area (Å²) in [6.07, 6.45) is 4.95. The highest BCUT2D eigenvalue weighted by Gasteiger charge is 2.30. The van der Waals surface area contributed by atoms with E-state index in [0.717, 1.165) is 29.5 Å². The van der Waals surface area contributed by atoms with Crippen LogP contribution >= 0.6 is 0 Å². The van der Waals surface area contributed by atoms with Crippen LogP contribution < -0.4 is 0 Å². The number of H-pyrrole nitrogens is 1. The van der Waals surface area contributed by atoms with E-state index in [1.54, 1.807) is 0 Å². The minimum atomic E-state index is 0.517. The van der Waals surface area contributed by atoms with Crippen molar-refractivity contribution in [3.63, 3.8) is 0 Å². The molecular formula is C21H21N5. The van der Waals surface area contributed by atoms with Crippen molar-refractivity contribution in [2.75, 3.05) is 0 Å². The molecule has 5 nitrogen and oxygen atoms in total. The molecule has 1 N–H and O–H groups in total. The predicted octanol–water partition coefficient (Wildman–Crippen LogP) is 4.23. The maximum atomic E-state index is 4.91. The summed E-state index contributed by atoms with van der Waals surface area (Å²) < 4.78 is 1.95. The van der Waals surface area contributed by atoms with E-state index in [1.807, 2.05) is 16.9 Å². The van der Waals surface area contributed by atoms with E-state index in [1.165, 1.54) is 35.0 Å². The van der Waals surface area contributed by atoms with Gasteiger partial charge in [0.05, 0.1) is 0 Å². The largest absolute Gasteiger partial charge is 0.358 e. The van der Waals surface area contributed by atoms with Crippen LogP contribution in [0.3, 0.4) is 0 Å². The summed E-state index contributed by atoms with van der Waals surface area (Å²) in [5.74, 6) is 3.31. The molecule has 0 unspecified atom stereocenters.